The highest BCUT2D eigenvalue weighted by Crippen LogP contribution is 2.51. The highest BCUT2D eigenvalue weighted by Gasteiger charge is 2.53. The van der Waals surface area contributed by atoms with E-state index in [2.05, 4.69) is 47.0 Å². The van der Waals surface area contributed by atoms with Crippen LogP contribution in [-0.2, 0) is 0 Å². The molecule has 0 spiro atoms. The Kier molecular flexibility index (Phi) is 2.53. The summed E-state index contributed by atoms with van der Waals surface area (Å²) in [7, 11) is 2.09. The van der Waals surface area contributed by atoms with E-state index in [4.69, 9.17) is 0 Å². The molecule has 1 aliphatic rings. The van der Waals surface area contributed by atoms with Crippen molar-refractivity contribution in [2.45, 2.75) is 40.2 Å². The summed E-state index contributed by atoms with van der Waals surface area (Å²) in [5, 5.41) is 3.46. The third-order valence-electron chi connectivity index (χ3n) is 4.35. The number of nitrogens with one attached hydrogen (secondary N) is 1. The smallest absolute Gasteiger partial charge is 0.0207 e. The van der Waals surface area contributed by atoms with Gasteiger partial charge in [0.15, 0.2) is 0 Å². The zero-order chi connectivity index (χ0) is 9.52. The zero-order valence-corrected chi connectivity index (χ0v) is 9.31. The van der Waals surface area contributed by atoms with Crippen molar-refractivity contribution in [3.63, 3.8) is 0 Å². The Balaban J connectivity index is 2.68. The molecule has 0 aliphatic heterocycles. The van der Waals surface area contributed by atoms with Gasteiger partial charge in [0.25, 0.3) is 0 Å². The fourth-order valence-electron chi connectivity index (χ4n) is 3.14. The maximum absolute atomic E-state index is 3.46. The molecular weight excluding hydrogens is 146 g/mol. The van der Waals surface area contributed by atoms with E-state index in [1.807, 2.05) is 0 Å². The van der Waals surface area contributed by atoms with E-state index < -0.39 is 0 Å². The molecule has 0 bridgehead atoms. The van der Waals surface area contributed by atoms with Gasteiger partial charge in [-0.1, -0.05) is 27.7 Å². The van der Waals surface area contributed by atoms with Crippen molar-refractivity contribution in [3.8, 4) is 0 Å². The highest BCUT2D eigenvalue weighted by atomic mass is 15.0. The van der Waals surface area contributed by atoms with Crippen LogP contribution in [0.5, 0.6) is 0 Å². The summed E-state index contributed by atoms with van der Waals surface area (Å²) in [5.74, 6) is 3.37. The van der Waals surface area contributed by atoms with Gasteiger partial charge in [-0.05, 0) is 37.6 Å². The summed E-state index contributed by atoms with van der Waals surface area (Å²) in [6.07, 6.45) is 0. The Morgan fingerprint density at radius 1 is 1.17 bits per heavy atom. The van der Waals surface area contributed by atoms with Gasteiger partial charge in [0, 0.05) is 5.54 Å². The van der Waals surface area contributed by atoms with Crippen LogP contribution in [0.4, 0.5) is 0 Å². The molecule has 1 rings (SSSR count). The molecule has 1 nitrogen and oxygen atoms in total. The predicted octanol–water partition coefficient (Wildman–Crippen LogP) is 2.52. The Morgan fingerprint density at radius 2 is 1.58 bits per heavy atom. The van der Waals surface area contributed by atoms with Gasteiger partial charge in [0.1, 0.15) is 0 Å². The molecule has 1 aliphatic carbocycles. The quantitative estimate of drug-likeness (QED) is 0.670. The summed E-state index contributed by atoms with van der Waals surface area (Å²) < 4.78 is 0. The lowest BCUT2D eigenvalue weighted by Gasteiger charge is -2.59. The van der Waals surface area contributed by atoms with Crippen LogP contribution in [0.2, 0.25) is 0 Å². The van der Waals surface area contributed by atoms with E-state index in [0.717, 1.165) is 23.7 Å². The highest BCUT2D eigenvalue weighted by molar-refractivity contribution is 5.08. The summed E-state index contributed by atoms with van der Waals surface area (Å²) in [6, 6.07) is 0. The van der Waals surface area contributed by atoms with Crippen molar-refractivity contribution in [3.05, 3.63) is 0 Å². The van der Waals surface area contributed by atoms with E-state index in [9.17, 15) is 0 Å². The molecular formula is C11H23N. The van der Waals surface area contributed by atoms with Crippen LogP contribution >= 0.6 is 0 Å². The van der Waals surface area contributed by atoms with Crippen LogP contribution in [0.15, 0.2) is 0 Å². The molecule has 0 amide bonds. The largest absolute Gasteiger partial charge is 0.314 e. The molecule has 0 aromatic carbocycles. The molecule has 1 fully saturated rings. The summed E-state index contributed by atoms with van der Waals surface area (Å²) >= 11 is 0. The van der Waals surface area contributed by atoms with Gasteiger partial charge in [-0.25, -0.2) is 0 Å². The topological polar surface area (TPSA) is 12.0 Å². The fraction of sp³-hybridized carbons (Fsp3) is 1.00. The number of hydrogen-bond donors (Lipinski definition) is 1. The molecule has 0 aromatic heterocycles. The molecule has 72 valence electrons. The lowest BCUT2D eigenvalue weighted by molar-refractivity contribution is -0.0640. The Bertz CT molecular complexity index is 152. The average molecular weight is 169 g/mol. The molecule has 0 radical (unpaired) electrons. The molecule has 0 heterocycles. The Hall–Kier alpha value is -0.0400. The van der Waals surface area contributed by atoms with Crippen LogP contribution in [0.3, 0.4) is 0 Å². The standard InChI is InChI=1S/C11H23N/c1-7(2)10-8(3)11(5,12-6)9(10)4/h7-10,12H,1-6H3. The summed E-state index contributed by atoms with van der Waals surface area (Å²) in [4.78, 5) is 0. The maximum atomic E-state index is 3.46. The normalized spacial score (nSPS) is 47.8. The number of hydrogen-bond acceptors (Lipinski definition) is 1. The second-order valence-electron chi connectivity index (χ2n) is 4.93. The van der Waals surface area contributed by atoms with Crippen molar-refractivity contribution in [1.29, 1.82) is 0 Å². The Labute approximate surface area is 76.9 Å². The molecule has 12 heavy (non-hydrogen) atoms. The minimum Gasteiger partial charge on any atom is -0.314 e. The lowest BCUT2D eigenvalue weighted by Crippen LogP contribution is -2.66. The predicted molar refractivity (Wildman–Crippen MR) is 54.1 cm³/mol. The molecule has 1 heteroatoms. The van der Waals surface area contributed by atoms with Crippen LogP contribution in [0, 0.1) is 23.7 Å². The SMILES string of the molecule is CNC1(C)C(C)C(C(C)C)C1C. The minimum atomic E-state index is 0.384. The lowest BCUT2D eigenvalue weighted by atomic mass is 9.50. The molecule has 0 aromatic rings. The van der Waals surface area contributed by atoms with Gasteiger partial charge < -0.3 is 5.32 Å². The van der Waals surface area contributed by atoms with Gasteiger partial charge >= 0.3 is 0 Å². The summed E-state index contributed by atoms with van der Waals surface area (Å²) in [5.41, 5.74) is 0.384. The van der Waals surface area contributed by atoms with E-state index in [1.54, 1.807) is 0 Å². The first-order chi connectivity index (χ1) is 5.45. The van der Waals surface area contributed by atoms with Gasteiger partial charge in [-0.3, -0.25) is 0 Å². The van der Waals surface area contributed by atoms with Crippen molar-refractivity contribution < 1.29 is 0 Å². The van der Waals surface area contributed by atoms with Crippen LogP contribution in [0.25, 0.3) is 0 Å². The summed E-state index contributed by atoms with van der Waals surface area (Å²) in [6.45, 7) is 11.8. The first-order valence-electron chi connectivity index (χ1n) is 5.14. The van der Waals surface area contributed by atoms with Crippen LogP contribution in [-0.4, -0.2) is 12.6 Å². The van der Waals surface area contributed by atoms with Crippen molar-refractivity contribution >= 4 is 0 Å². The van der Waals surface area contributed by atoms with Gasteiger partial charge in [-0.15, -0.1) is 0 Å². The minimum absolute atomic E-state index is 0.384. The third kappa shape index (κ3) is 1.10. The van der Waals surface area contributed by atoms with Crippen molar-refractivity contribution in [2.24, 2.45) is 23.7 Å². The van der Waals surface area contributed by atoms with Crippen LogP contribution < -0.4 is 5.32 Å². The van der Waals surface area contributed by atoms with Gasteiger partial charge in [0.05, 0.1) is 0 Å². The monoisotopic (exact) mass is 169 g/mol. The average Bonchev–Trinajstić information content (AvgIpc) is 2.02. The zero-order valence-electron chi connectivity index (χ0n) is 9.31. The molecule has 2 atom stereocenters. The second-order valence-corrected chi connectivity index (χ2v) is 4.93. The number of rotatable bonds is 2. The van der Waals surface area contributed by atoms with Crippen molar-refractivity contribution in [2.75, 3.05) is 7.05 Å². The molecule has 0 saturated heterocycles. The van der Waals surface area contributed by atoms with Crippen molar-refractivity contribution in [1.82, 2.24) is 5.32 Å². The molecule has 2 unspecified atom stereocenters. The Morgan fingerprint density at radius 3 is 1.83 bits per heavy atom. The maximum Gasteiger partial charge on any atom is 0.0207 e. The van der Waals surface area contributed by atoms with Gasteiger partial charge in [0.2, 0.25) is 0 Å². The van der Waals surface area contributed by atoms with E-state index in [1.165, 1.54) is 0 Å². The fourth-order valence-corrected chi connectivity index (χ4v) is 3.14. The van der Waals surface area contributed by atoms with E-state index >= 15 is 0 Å². The van der Waals surface area contributed by atoms with E-state index in [-0.39, 0.29) is 0 Å². The third-order valence-corrected chi connectivity index (χ3v) is 4.35. The van der Waals surface area contributed by atoms with Crippen LogP contribution in [0.1, 0.15) is 34.6 Å². The molecule has 1 saturated carbocycles. The first-order valence-corrected chi connectivity index (χ1v) is 5.14. The second kappa shape index (κ2) is 3.02. The van der Waals surface area contributed by atoms with E-state index in [0.29, 0.717) is 5.54 Å². The van der Waals surface area contributed by atoms with Gasteiger partial charge in [-0.2, -0.15) is 0 Å². The molecule has 1 N–H and O–H groups in total. The first kappa shape index (κ1) is 10.0.